The molecule has 0 radical (unpaired) electrons. The minimum absolute atomic E-state index is 0.382. The average molecular weight is 230 g/mol. The van der Waals surface area contributed by atoms with E-state index < -0.39 is 0 Å². The molecule has 0 amide bonds. The van der Waals surface area contributed by atoms with Gasteiger partial charge in [0.2, 0.25) is 0 Å². The highest BCUT2D eigenvalue weighted by Crippen LogP contribution is 2.31. The summed E-state index contributed by atoms with van der Waals surface area (Å²) in [6.45, 7) is 2.05. The largest absolute Gasteiger partial charge is 0.247 e. The molecular weight excluding hydrogens is 214 g/mol. The highest BCUT2D eigenvalue weighted by atomic mass is 35.5. The quantitative estimate of drug-likeness (QED) is 0.704. The van der Waals surface area contributed by atoms with Crippen LogP contribution in [-0.2, 0) is 6.42 Å². The number of aryl methyl sites for hydroxylation is 1. The molecule has 2 rings (SSSR count). The molecule has 0 aliphatic heterocycles. The summed E-state index contributed by atoms with van der Waals surface area (Å²) >= 11 is 8.09. The lowest BCUT2D eigenvalue weighted by Crippen LogP contribution is -2.21. The van der Waals surface area contributed by atoms with Crippen molar-refractivity contribution in [1.29, 1.82) is 0 Å². The van der Waals surface area contributed by atoms with E-state index in [0.717, 1.165) is 12.1 Å². The highest BCUT2D eigenvalue weighted by Gasteiger charge is 2.23. The zero-order valence-corrected chi connectivity index (χ0v) is 10.1. The van der Waals surface area contributed by atoms with E-state index in [4.69, 9.17) is 11.6 Å². The van der Waals surface area contributed by atoms with E-state index in [-0.39, 0.29) is 0 Å². The first kappa shape index (κ1) is 10.4. The number of hydrogen-bond acceptors (Lipinski definition) is 2. The lowest BCUT2D eigenvalue weighted by atomic mass is 9.87. The number of nitrogens with zero attached hydrogens (tertiary/aromatic N) is 1. The van der Waals surface area contributed by atoms with Gasteiger partial charge >= 0.3 is 0 Å². The SMILES string of the molecule is Cc1csc(CC2CCCCC2Cl)n1. The van der Waals surface area contributed by atoms with Gasteiger partial charge < -0.3 is 0 Å². The molecule has 0 saturated heterocycles. The summed E-state index contributed by atoms with van der Waals surface area (Å²) < 4.78 is 0. The lowest BCUT2D eigenvalue weighted by Gasteiger charge is -2.26. The lowest BCUT2D eigenvalue weighted by molar-refractivity contribution is 0.363. The molecule has 1 aliphatic carbocycles. The van der Waals surface area contributed by atoms with E-state index in [9.17, 15) is 0 Å². The molecule has 0 aromatic carbocycles. The van der Waals surface area contributed by atoms with Gasteiger partial charge in [-0.15, -0.1) is 22.9 Å². The van der Waals surface area contributed by atoms with Crippen molar-refractivity contribution < 1.29 is 0 Å². The number of hydrogen-bond donors (Lipinski definition) is 0. The number of alkyl halides is 1. The van der Waals surface area contributed by atoms with Crippen LogP contribution in [0.15, 0.2) is 5.38 Å². The maximum Gasteiger partial charge on any atom is 0.0931 e. The molecule has 1 fully saturated rings. The normalized spacial score (nSPS) is 27.9. The summed E-state index contributed by atoms with van der Waals surface area (Å²) in [5.74, 6) is 0.663. The Morgan fingerprint density at radius 1 is 1.50 bits per heavy atom. The molecule has 1 aliphatic rings. The molecule has 1 aromatic rings. The zero-order chi connectivity index (χ0) is 9.97. The minimum atomic E-state index is 0.382. The summed E-state index contributed by atoms with van der Waals surface area (Å²) in [7, 11) is 0. The average Bonchev–Trinajstić information content (AvgIpc) is 2.56. The van der Waals surface area contributed by atoms with E-state index in [1.54, 1.807) is 11.3 Å². The molecule has 1 saturated carbocycles. The van der Waals surface area contributed by atoms with E-state index in [1.165, 1.54) is 30.7 Å². The fourth-order valence-corrected chi connectivity index (χ4v) is 3.35. The van der Waals surface area contributed by atoms with Crippen LogP contribution >= 0.6 is 22.9 Å². The van der Waals surface area contributed by atoms with Gasteiger partial charge in [0.15, 0.2) is 0 Å². The van der Waals surface area contributed by atoms with Gasteiger partial charge in [0.05, 0.1) is 5.01 Å². The highest BCUT2D eigenvalue weighted by molar-refractivity contribution is 7.09. The second-order valence-electron chi connectivity index (χ2n) is 4.15. The Labute approximate surface area is 94.5 Å². The summed E-state index contributed by atoms with van der Waals surface area (Å²) in [6.07, 6.45) is 6.22. The monoisotopic (exact) mass is 229 g/mol. The Hall–Kier alpha value is -0.0800. The predicted octanol–water partition coefficient (Wildman–Crippen LogP) is 3.79. The molecule has 0 spiro atoms. The first-order chi connectivity index (χ1) is 6.75. The van der Waals surface area contributed by atoms with Crippen LogP contribution in [0.1, 0.15) is 36.4 Å². The van der Waals surface area contributed by atoms with E-state index >= 15 is 0 Å². The van der Waals surface area contributed by atoms with Crippen molar-refractivity contribution in [3.63, 3.8) is 0 Å². The molecule has 1 aromatic heterocycles. The van der Waals surface area contributed by atoms with Crippen LogP contribution in [0.4, 0.5) is 0 Å². The summed E-state index contributed by atoms with van der Waals surface area (Å²) in [5, 5.41) is 3.77. The van der Waals surface area contributed by atoms with Crippen molar-refractivity contribution in [3.05, 3.63) is 16.1 Å². The zero-order valence-electron chi connectivity index (χ0n) is 8.50. The number of halogens is 1. The van der Waals surface area contributed by atoms with Crippen LogP contribution in [-0.4, -0.2) is 10.4 Å². The topological polar surface area (TPSA) is 12.9 Å². The van der Waals surface area contributed by atoms with Crippen molar-refractivity contribution in [2.24, 2.45) is 5.92 Å². The Balaban J connectivity index is 1.95. The first-order valence-electron chi connectivity index (χ1n) is 5.31. The summed E-state index contributed by atoms with van der Waals surface area (Å²) in [6, 6.07) is 0. The Kier molecular flexibility index (Phi) is 3.45. The first-order valence-corrected chi connectivity index (χ1v) is 6.62. The van der Waals surface area contributed by atoms with Crippen LogP contribution in [0.25, 0.3) is 0 Å². The molecule has 1 nitrogen and oxygen atoms in total. The van der Waals surface area contributed by atoms with Crippen molar-refractivity contribution in [1.82, 2.24) is 4.98 Å². The number of thiazole rings is 1. The third-order valence-electron chi connectivity index (χ3n) is 2.92. The van der Waals surface area contributed by atoms with Crippen molar-refractivity contribution in [2.45, 2.75) is 44.4 Å². The fourth-order valence-electron chi connectivity index (χ4n) is 2.11. The van der Waals surface area contributed by atoms with Crippen LogP contribution in [0.3, 0.4) is 0 Å². The third-order valence-corrected chi connectivity index (χ3v) is 4.48. The number of rotatable bonds is 2. The third kappa shape index (κ3) is 2.48. The van der Waals surface area contributed by atoms with Crippen molar-refractivity contribution in [2.75, 3.05) is 0 Å². The van der Waals surface area contributed by atoms with Gasteiger partial charge in [-0.25, -0.2) is 4.98 Å². The predicted molar refractivity (Wildman–Crippen MR) is 62.2 cm³/mol. The summed E-state index contributed by atoms with van der Waals surface area (Å²) in [5.41, 5.74) is 1.15. The molecule has 0 bridgehead atoms. The molecule has 2 atom stereocenters. The van der Waals surface area contributed by atoms with E-state index in [0.29, 0.717) is 11.3 Å². The number of aromatic nitrogens is 1. The molecule has 0 N–H and O–H groups in total. The van der Waals surface area contributed by atoms with E-state index in [2.05, 4.69) is 17.3 Å². The standard InChI is InChI=1S/C11H16ClNS/c1-8-7-14-11(13-8)6-9-4-2-3-5-10(9)12/h7,9-10H,2-6H2,1H3. The second-order valence-corrected chi connectivity index (χ2v) is 5.65. The van der Waals surface area contributed by atoms with Gasteiger partial charge in [0, 0.05) is 22.9 Å². The van der Waals surface area contributed by atoms with Crippen LogP contribution in [0.2, 0.25) is 0 Å². The molecule has 2 unspecified atom stereocenters. The Morgan fingerprint density at radius 3 is 2.93 bits per heavy atom. The van der Waals surface area contributed by atoms with Crippen LogP contribution < -0.4 is 0 Å². The molecule has 14 heavy (non-hydrogen) atoms. The van der Waals surface area contributed by atoms with Crippen molar-refractivity contribution in [3.8, 4) is 0 Å². The van der Waals surface area contributed by atoms with Gasteiger partial charge in [-0.1, -0.05) is 12.8 Å². The van der Waals surface area contributed by atoms with E-state index in [1.807, 2.05) is 0 Å². The molecular formula is C11H16ClNS. The minimum Gasteiger partial charge on any atom is -0.247 e. The molecule has 1 heterocycles. The molecule has 3 heteroatoms. The van der Waals surface area contributed by atoms with Gasteiger partial charge in [-0.2, -0.15) is 0 Å². The summed E-state index contributed by atoms with van der Waals surface area (Å²) in [4.78, 5) is 4.50. The molecule has 78 valence electrons. The smallest absolute Gasteiger partial charge is 0.0931 e. The van der Waals surface area contributed by atoms with Gasteiger partial charge in [-0.05, 0) is 25.7 Å². The van der Waals surface area contributed by atoms with Crippen LogP contribution in [0.5, 0.6) is 0 Å². The Bertz CT molecular complexity index is 297. The maximum atomic E-state index is 6.32. The van der Waals surface area contributed by atoms with Gasteiger partial charge in [-0.3, -0.25) is 0 Å². The maximum absolute atomic E-state index is 6.32. The van der Waals surface area contributed by atoms with Crippen molar-refractivity contribution >= 4 is 22.9 Å². The Morgan fingerprint density at radius 2 is 2.29 bits per heavy atom. The van der Waals surface area contributed by atoms with Gasteiger partial charge in [0.1, 0.15) is 0 Å². The van der Waals surface area contributed by atoms with Gasteiger partial charge in [0.25, 0.3) is 0 Å². The second kappa shape index (κ2) is 4.63. The van der Waals surface area contributed by atoms with Crippen LogP contribution in [0, 0.1) is 12.8 Å². The fraction of sp³-hybridized carbons (Fsp3) is 0.727.